The molecule has 0 spiro atoms. The van der Waals surface area contributed by atoms with E-state index in [2.05, 4.69) is 10.4 Å². The summed E-state index contributed by atoms with van der Waals surface area (Å²) in [6, 6.07) is 12.3. The van der Waals surface area contributed by atoms with Crippen LogP contribution in [0.2, 0.25) is 5.02 Å². The number of anilines is 1. The van der Waals surface area contributed by atoms with E-state index < -0.39 is 35.5 Å². The Morgan fingerprint density at radius 3 is 2.39 bits per heavy atom. The van der Waals surface area contributed by atoms with Crippen molar-refractivity contribution in [2.24, 2.45) is 0 Å². The minimum atomic E-state index is -0.662. The van der Waals surface area contributed by atoms with E-state index in [-0.39, 0.29) is 58.6 Å². The topological polar surface area (TPSA) is 138 Å². The van der Waals surface area contributed by atoms with Crippen molar-refractivity contribution in [2.45, 2.75) is 58.8 Å². The molecule has 44 heavy (non-hydrogen) atoms. The monoisotopic (exact) mass is 622 g/mol. The molecule has 2 aromatic carbocycles. The molecule has 2 heterocycles. The van der Waals surface area contributed by atoms with Crippen LogP contribution in [0.5, 0.6) is 0 Å². The van der Waals surface area contributed by atoms with E-state index in [1.165, 1.54) is 48.5 Å². The van der Waals surface area contributed by atoms with E-state index in [9.17, 15) is 28.8 Å². The molecule has 13 heteroatoms. The molecule has 3 amide bonds. The zero-order chi connectivity index (χ0) is 32.3. The summed E-state index contributed by atoms with van der Waals surface area (Å²) in [6.07, 6.45) is -0.458. The van der Waals surface area contributed by atoms with Crippen molar-refractivity contribution in [3.8, 4) is 17.3 Å². The summed E-state index contributed by atoms with van der Waals surface area (Å²) in [6.45, 7) is 9.00. The Morgan fingerprint density at radius 2 is 1.77 bits per heavy atom. The van der Waals surface area contributed by atoms with Gasteiger partial charge < -0.3 is 15.0 Å². The maximum absolute atomic E-state index is 13.9. The molecule has 0 aliphatic carbocycles. The number of nitriles is 1. The lowest BCUT2D eigenvalue weighted by Crippen LogP contribution is -2.60. The summed E-state index contributed by atoms with van der Waals surface area (Å²) >= 11 is 5.75. The predicted molar refractivity (Wildman–Crippen MR) is 162 cm³/mol. The minimum absolute atomic E-state index is 0.0639. The zero-order valence-electron chi connectivity index (χ0n) is 24.9. The Hall–Kier alpha value is -4.76. The summed E-state index contributed by atoms with van der Waals surface area (Å²) in [7, 11) is 0. The number of rotatable bonds is 5. The van der Waals surface area contributed by atoms with Gasteiger partial charge in [0, 0.05) is 36.0 Å². The predicted octanol–water partition coefficient (Wildman–Crippen LogP) is 4.68. The lowest BCUT2D eigenvalue weighted by atomic mass is 10.0. The number of nitrogens with zero attached hydrogens (tertiary/aromatic N) is 5. The molecule has 1 fully saturated rings. The number of piperazine rings is 1. The molecule has 1 aliphatic heterocycles. The second kappa shape index (κ2) is 12.9. The molecule has 1 aliphatic rings. The fourth-order valence-electron chi connectivity index (χ4n) is 4.94. The van der Waals surface area contributed by atoms with Gasteiger partial charge in [-0.05, 0) is 71.0 Å². The van der Waals surface area contributed by atoms with Crippen LogP contribution in [-0.4, -0.2) is 68.3 Å². The number of carbonyl (C=O) groups excluding carboxylic acids is 3. The molecule has 0 saturated carbocycles. The van der Waals surface area contributed by atoms with Gasteiger partial charge in [-0.3, -0.25) is 19.3 Å². The zero-order valence-corrected chi connectivity index (χ0v) is 25.7. The van der Waals surface area contributed by atoms with Gasteiger partial charge in [0.1, 0.15) is 18.0 Å². The Balaban J connectivity index is 1.49. The highest BCUT2D eigenvalue weighted by Crippen LogP contribution is 2.24. The molecule has 1 N–H and O–H groups in total. The van der Waals surface area contributed by atoms with Gasteiger partial charge in [0.05, 0.1) is 34.4 Å². The van der Waals surface area contributed by atoms with Gasteiger partial charge in [-0.2, -0.15) is 10.4 Å². The summed E-state index contributed by atoms with van der Waals surface area (Å²) < 4.78 is 20.4. The fraction of sp³-hybridized carbons (Fsp3) is 0.355. The average molecular weight is 623 g/mol. The van der Waals surface area contributed by atoms with E-state index in [1.54, 1.807) is 30.6 Å². The van der Waals surface area contributed by atoms with Gasteiger partial charge in [0.2, 0.25) is 5.91 Å². The van der Waals surface area contributed by atoms with Gasteiger partial charge in [-0.15, -0.1) is 0 Å². The normalized spacial score (nSPS) is 16.7. The summed E-state index contributed by atoms with van der Waals surface area (Å²) in [5, 5.41) is 16.3. The first-order chi connectivity index (χ1) is 20.6. The molecule has 1 saturated heterocycles. The molecule has 0 unspecified atom stereocenters. The van der Waals surface area contributed by atoms with Crippen molar-refractivity contribution in [1.82, 2.24) is 19.6 Å². The highest BCUT2D eigenvalue weighted by molar-refractivity contribution is 6.30. The first-order valence-electron chi connectivity index (χ1n) is 13.8. The van der Waals surface area contributed by atoms with E-state index in [4.69, 9.17) is 16.3 Å². The van der Waals surface area contributed by atoms with E-state index in [0.717, 1.165) is 4.68 Å². The van der Waals surface area contributed by atoms with Gasteiger partial charge in [0.15, 0.2) is 0 Å². The number of hydrogen-bond donors (Lipinski definition) is 1. The third-order valence-electron chi connectivity index (χ3n) is 6.78. The number of aromatic nitrogens is 2. The third-order valence-corrected chi connectivity index (χ3v) is 7.09. The minimum Gasteiger partial charge on any atom is -0.444 e. The van der Waals surface area contributed by atoms with Gasteiger partial charge in [-0.1, -0.05) is 17.7 Å². The molecule has 4 rings (SSSR count). The highest BCUT2D eigenvalue weighted by atomic mass is 35.5. The van der Waals surface area contributed by atoms with Gasteiger partial charge >= 0.3 is 6.09 Å². The largest absolute Gasteiger partial charge is 0.444 e. The van der Waals surface area contributed by atoms with E-state index in [1.807, 2.05) is 19.9 Å². The molecule has 11 nitrogen and oxygen atoms in total. The number of ether oxygens (including phenoxy) is 1. The van der Waals surface area contributed by atoms with Crippen LogP contribution in [0.15, 0.2) is 53.3 Å². The SMILES string of the molecule is C[C@@H]1CN(C(=O)c2cc(C#N)cc(NC(=O)Cn3nc(-c4ccc(Cl)c(F)c4)ccc3=O)c2)C[C@H](C)N1C(=O)OC(C)(C)C. The highest BCUT2D eigenvalue weighted by Gasteiger charge is 2.37. The average Bonchev–Trinajstić information content (AvgIpc) is 2.93. The third kappa shape index (κ3) is 7.60. The first-order valence-corrected chi connectivity index (χ1v) is 14.2. The van der Waals surface area contributed by atoms with Gasteiger partial charge in [0.25, 0.3) is 11.5 Å². The quantitative estimate of drug-likeness (QED) is 0.436. The van der Waals surface area contributed by atoms with Gasteiger partial charge in [-0.25, -0.2) is 13.9 Å². The van der Waals surface area contributed by atoms with Crippen molar-refractivity contribution < 1.29 is 23.5 Å². The van der Waals surface area contributed by atoms with E-state index in [0.29, 0.717) is 5.56 Å². The number of halogens is 2. The van der Waals surface area contributed by atoms with Crippen LogP contribution >= 0.6 is 11.6 Å². The first kappa shape index (κ1) is 32.2. The van der Waals surface area contributed by atoms with Crippen molar-refractivity contribution in [2.75, 3.05) is 18.4 Å². The number of carbonyl (C=O) groups is 3. The number of hydrogen-bond acceptors (Lipinski definition) is 7. The molecular weight excluding hydrogens is 591 g/mol. The van der Waals surface area contributed by atoms with Crippen LogP contribution < -0.4 is 10.9 Å². The van der Waals surface area contributed by atoms with Crippen LogP contribution in [-0.2, 0) is 16.1 Å². The molecule has 230 valence electrons. The maximum atomic E-state index is 13.9. The van der Waals surface area contributed by atoms with Crippen LogP contribution in [0.4, 0.5) is 14.9 Å². The molecule has 1 aromatic heterocycles. The molecular formula is C31H32ClFN6O5. The van der Waals surface area contributed by atoms with Crippen molar-refractivity contribution in [3.05, 3.63) is 80.9 Å². The van der Waals surface area contributed by atoms with Crippen molar-refractivity contribution in [1.29, 1.82) is 5.26 Å². The van der Waals surface area contributed by atoms with Crippen molar-refractivity contribution >= 4 is 35.2 Å². The van der Waals surface area contributed by atoms with Crippen molar-refractivity contribution in [3.63, 3.8) is 0 Å². The number of amides is 3. The molecule has 3 aromatic rings. The van der Waals surface area contributed by atoms with E-state index >= 15 is 0 Å². The number of nitrogens with one attached hydrogen (secondary N) is 1. The Labute approximate surface area is 258 Å². The summed E-state index contributed by atoms with van der Waals surface area (Å²) in [4.78, 5) is 54.8. The van der Waals surface area contributed by atoms with Crippen LogP contribution in [0.3, 0.4) is 0 Å². The smallest absolute Gasteiger partial charge is 0.410 e. The molecule has 0 radical (unpaired) electrons. The maximum Gasteiger partial charge on any atom is 0.410 e. The lowest BCUT2D eigenvalue weighted by molar-refractivity contribution is -0.117. The number of benzene rings is 2. The fourth-order valence-corrected chi connectivity index (χ4v) is 5.06. The second-order valence-electron chi connectivity index (χ2n) is 11.6. The Morgan fingerprint density at radius 1 is 1.09 bits per heavy atom. The standard InChI is InChI=1S/C31H32ClFN6O5/c1-18-15-37(16-19(2)39(18)30(43)44-31(3,4)5)29(42)22-10-20(14-34)11-23(12-22)35-27(40)17-38-28(41)9-8-26(36-38)21-6-7-24(32)25(33)13-21/h6-13,18-19H,15-17H2,1-5H3,(H,35,40)/t18-,19+. The molecule has 2 atom stereocenters. The van der Waals surface area contributed by atoms with Crippen LogP contribution in [0, 0.1) is 17.1 Å². The van der Waals surface area contributed by atoms with Crippen LogP contribution in [0.1, 0.15) is 50.5 Å². The van der Waals surface area contributed by atoms with Crippen LogP contribution in [0.25, 0.3) is 11.3 Å². The Bertz CT molecular complexity index is 1700. The molecule has 0 bridgehead atoms. The summed E-state index contributed by atoms with van der Waals surface area (Å²) in [5.41, 5.74) is -0.119. The lowest BCUT2D eigenvalue weighted by Gasteiger charge is -2.44. The second-order valence-corrected chi connectivity index (χ2v) is 12.0. The summed E-state index contributed by atoms with van der Waals surface area (Å²) in [5.74, 6) is -1.67. The Kier molecular flexibility index (Phi) is 9.39.